The largest absolute Gasteiger partial charge is 0.441 e. The molecule has 1 aliphatic rings. The predicted molar refractivity (Wildman–Crippen MR) is 114 cm³/mol. The summed E-state index contributed by atoms with van der Waals surface area (Å²) in [5.74, 6) is 0.764. The first-order valence-electron chi connectivity index (χ1n) is 10.2. The van der Waals surface area contributed by atoms with Crippen LogP contribution in [0.25, 0.3) is 21.9 Å². The van der Waals surface area contributed by atoms with E-state index in [-0.39, 0.29) is 23.4 Å². The monoisotopic (exact) mass is 402 g/mol. The molecular weight excluding hydrogens is 380 g/mol. The van der Waals surface area contributed by atoms with Crippen molar-refractivity contribution in [3.8, 4) is 0 Å². The van der Waals surface area contributed by atoms with Crippen molar-refractivity contribution in [1.29, 1.82) is 0 Å². The molecule has 0 spiro atoms. The lowest BCUT2D eigenvalue weighted by atomic mass is 9.82. The first kappa shape index (κ1) is 18.5. The van der Waals surface area contributed by atoms with Crippen LogP contribution in [-0.4, -0.2) is 27.1 Å². The Morgan fingerprint density at radius 3 is 2.67 bits per heavy atom. The standard InChI is InChI=1S/C23H22N4O3/c1-13-24-19-11-8-15(12-20(19)30-13)22(28)25-16-9-6-14(7-10-16)21-17-4-2-3-5-18(17)23(29)27-26-21/h2-5,8,11-12,14,16H,6-7,9-10H2,1H3,(H,25,28)(H,27,29). The highest BCUT2D eigenvalue weighted by Gasteiger charge is 2.26. The molecule has 7 nitrogen and oxygen atoms in total. The maximum absolute atomic E-state index is 12.7. The van der Waals surface area contributed by atoms with Gasteiger partial charge in [-0.15, -0.1) is 0 Å². The minimum absolute atomic E-state index is 0.0954. The van der Waals surface area contributed by atoms with Crippen molar-refractivity contribution in [2.45, 2.75) is 44.6 Å². The van der Waals surface area contributed by atoms with Gasteiger partial charge in [-0.2, -0.15) is 5.10 Å². The number of carbonyl (C=O) groups excluding carboxylic acids is 1. The average Bonchev–Trinajstić information content (AvgIpc) is 3.14. The fraction of sp³-hybridized carbons (Fsp3) is 0.304. The van der Waals surface area contributed by atoms with Gasteiger partial charge in [-0.1, -0.05) is 18.2 Å². The lowest BCUT2D eigenvalue weighted by Gasteiger charge is -2.29. The molecule has 0 radical (unpaired) electrons. The maximum atomic E-state index is 12.7. The molecule has 2 N–H and O–H groups in total. The van der Waals surface area contributed by atoms with Gasteiger partial charge >= 0.3 is 0 Å². The van der Waals surface area contributed by atoms with Crippen LogP contribution in [0.5, 0.6) is 0 Å². The van der Waals surface area contributed by atoms with Crippen LogP contribution in [0.4, 0.5) is 0 Å². The molecular formula is C23H22N4O3. The van der Waals surface area contributed by atoms with Crippen molar-refractivity contribution in [1.82, 2.24) is 20.5 Å². The highest BCUT2D eigenvalue weighted by Crippen LogP contribution is 2.34. The van der Waals surface area contributed by atoms with Gasteiger partial charge in [0.05, 0.1) is 11.1 Å². The van der Waals surface area contributed by atoms with Crippen molar-refractivity contribution in [3.05, 3.63) is 70.0 Å². The lowest BCUT2D eigenvalue weighted by Crippen LogP contribution is -2.37. The number of carbonyl (C=O) groups is 1. The Labute approximate surface area is 172 Å². The number of oxazole rings is 1. The summed E-state index contributed by atoms with van der Waals surface area (Å²) in [6.45, 7) is 1.79. The maximum Gasteiger partial charge on any atom is 0.272 e. The van der Waals surface area contributed by atoms with E-state index in [4.69, 9.17) is 4.42 Å². The molecule has 1 amide bonds. The third-order valence-electron chi connectivity index (χ3n) is 5.93. The third-order valence-corrected chi connectivity index (χ3v) is 5.93. The number of aromatic nitrogens is 3. The van der Waals surface area contributed by atoms with Crippen LogP contribution in [0.2, 0.25) is 0 Å². The van der Waals surface area contributed by atoms with Crippen LogP contribution in [0.15, 0.2) is 51.7 Å². The molecule has 1 fully saturated rings. The van der Waals surface area contributed by atoms with Crippen LogP contribution < -0.4 is 10.9 Å². The lowest BCUT2D eigenvalue weighted by molar-refractivity contribution is 0.0925. The smallest absolute Gasteiger partial charge is 0.272 e. The molecule has 0 bridgehead atoms. The van der Waals surface area contributed by atoms with Gasteiger partial charge < -0.3 is 9.73 Å². The normalized spacial score (nSPS) is 19.2. The number of aryl methyl sites for hydroxylation is 1. The Hall–Kier alpha value is -3.48. The fourth-order valence-electron chi connectivity index (χ4n) is 4.41. The molecule has 152 valence electrons. The highest BCUT2D eigenvalue weighted by atomic mass is 16.3. The predicted octanol–water partition coefficient (Wildman–Crippen LogP) is 3.83. The van der Waals surface area contributed by atoms with Crippen molar-refractivity contribution in [3.63, 3.8) is 0 Å². The van der Waals surface area contributed by atoms with Gasteiger partial charge in [-0.25, -0.2) is 10.1 Å². The molecule has 7 heteroatoms. The number of H-pyrrole nitrogens is 1. The van der Waals surface area contributed by atoms with Gasteiger partial charge in [0.15, 0.2) is 11.5 Å². The zero-order valence-corrected chi connectivity index (χ0v) is 16.6. The Balaban J connectivity index is 1.27. The summed E-state index contributed by atoms with van der Waals surface area (Å²) in [5, 5.41) is 11.7. The van der Waals surface area contributed by atoms with Crippen LogP contribution in [0.3, 0.4) is 0 Å². The van der Waals surface area contributed by atoms with E-state index in [9.17, 15) is 9.59 Å². The molecule has 1 saturated carbocycles. The second kappa shape index (κ2) is 7.40. The van der Waals surface area contributed by atoms with Crippen LogP contribution in [-0.2, 0) is 0 Å². The van der Waals surface area contributed by atoms with E-state index in [0.29, 0.717) is 22.4 Å². The number of benzene rings is 2. The molecule has 2 aromatic heterocycles. The minimum Gasteiger partial charge on any atom is -0.441 e. The average molecular weight is 402 g/mol. The summed E-state index contributed by atoms with van der Waals surface area (Å²) in [6.07, 6.45) is 3.56. The number of rotatable bonds is 3. The van der Waals surface area contributed by atoms with Crippen LogP contribution >= 0.6 is 0 Å². The van der Waals surface area contributed by atoms with Gasteiger partial charge in [0, 0.05) is 29.8 Å². The van der Waals surface area contributed by atoms with Crippen LogP contribution in [0, 0.1) is 6.92 Å². The zero-order valence-electron chi connectivity index (χ0n) is 16.6. The van der Waals surface area contributed by atoms with E-state index in [0.717, 1.165) is 42.3 Å². The van der Waals surface area contributed by atoms with Crippen molar-refractivity contribution < 1.29 is 9.21 Å². The van der Waals surface area contributed by atoms with Gasteiger partial charge in [0.25, 0.3) is 11.5 Å². The van der Waals surface area contributed by atoms with E-state index in [1.807, 2.05) is 30.3 Å². The fourth-order valence-corrected chi connectivity index (χ4v) is 4.41. The van der Waals surface area contributed by atoms with E-state index in [1.54, 1.807) is 19.1 Å². The van der Waals surface area contributed by atoms with Crippen molar-refractivity contribution in [2.75, 3.05) is 0 Å². The molecule has 0 aliphatic heterocycles. The number of amides is 1. The Bertz CT molecular complexity index is 1300. The first-order valence-corrected chi connectivity index (χ1v) is 10.2. The highest BCUT2D eigenvalue weighted by molar-refractivity contribution is 5.97. The molecule has 1 aliphatic carbocycles. The van der Waals surface area contributed by atoms with Gasteiger partial charge in [-0.3, -0.25) is 9.59 Å². The molecule has 30 heavy (non-hydrogen) atoms. The molecule has 0 saturated heterocycles. The number of hydrogen-bond acceptors (Lipinski definition) is 5. The van der Waals surface area contributed by atoms with Crippen molar-refractivity contribution in [2.24, 2.45) is 0 Å². The Morgan fingerprint density at radius 1 is 1.10 bits per heavy atom. The second-order valence-electron chi connectivity index (χ2n) is 7.92. The molecule has 4 aromatic rings. The number of fused-ring (bicyclic) bond motifs is 2. The first-order chi connectivity index (χ1) is 14.6. The van der Waals surface area contributed by atoms with Gasteiger partial charge in [0.1, 0.15) is 5.52 Å². The molecule has 2 aromatic carbocycles. The van der Waals surface area contributed by atoms with Crippen molar-refractivity contribution >= 4 is 27.8 Å². The SMILES string of the molecule is Cc1nc2ccc(C(=O)NC3CCC(c4n[nH]c(=O)c5ccccc45)CC3)cc2o1. The number of nitrogens with one attached hydrogen (secondary N) is 2. The summed E-state index contributed by atoms with van der Waals surface area (Å²) < 4.78 is 5.53. The molecule has 0 unspecified atom stereocenters. The van der Waals surface area contributed by atoms with Crippen LogP contribution in [0.1, 0.15) is 53.5 Å². The Morgan fingerprint density at radius 2 is 1.87 bits per heavy atom. The van der Waals surface area contributed by atoms with E-state index in [1.165, 1.54) is 0 Å². The van der Waals surface area contributed by atoms with E-state index in [2.05, 4.69) is 20.5 Å². The third kappa shape index (κ3) is 3.36. The molecule has 0 atom stereocenters. The summed E-state index contributed by atoms with van der Waals surface area (Å²) in [4.78, 5) is 29.0. The molecule has 5 rings (SSSR count). The summed E-state index contributed by atoms with van der Waals surface area (Å²) in [7, 11) is 0. The minimum atomic E-state index is -0.158. The summed E-state index contributed by atoms with van der Waals surface area (Å²) in [6, 6.07) is 13.0. The number of aromatic amines is 1. The molecule has 2 heterocycles. The van der Waals surface area contributed by atoms with E-state index < -0.39 is 0 Å². The topological polar surface area (TPSA) is 101 Å². The summed E-state index contributed by atoms with van der Waals surface area (Å²) >= 11 is 0. The van der Waals surface area contributed by atoms with Gasteiger partial charge in [0.2, 0.25) is 0 Å². The zero-order chi connectivity index (χ0) is 20.7. The Kier molecular flexibility index (Phi) is 4.58. The number of nitrogens with zero attached hydrogens (tertiary/aromatic N) is 2. The van der Waals surface area contributed by atoms with E-state index >= 15 is 0 Å². The number of hydrogen-bond donors (Lipinski definition) is 2. The van der Waals surface area contributed by atoms with Gasteiger partial charge in [-0.05, 0) is 49.9 Å². The second-order valence-corrected chi connectivity index (χ2v) is 7.92. The quantitative estimate of drug-likeness (QED) is 0.542. The summed E-state index contributed by atoms with van der Waals surface area (Å²) in [5.41, 5.74) is 2.74.